The molecule has 1 unspecified atom stereocenters. The molecule has 0 saturated heterocycles. The van der Waals surface area contributed by atoms with Gasteiger partial charge in [-0.25, -0.2) is 4.68 Å². The molecule has 1 aliphatic rings. The molecule has 1 aliphatic carbocycles. The number of carbonyl (C=O) groups is 1. The summed E-state index contributed by atoms with van der Waals surface area (Å²) >= 11 is 0. The Bertz CT molecular complexity index is 1510. The minimum atomic E-state index is -4.47. The topological polar surface area (TPSA) is 94.2 Å². The molecule has 4 N–H and O–H groups in total. The average molecular weight is 564 g/mol. The number of nitrogens with one attached hydrogen (secondary N) is 2. The third-order valence-corrected chi connectivity index (χ3v) is 6.98. The zero-order valence-electron chi connectivity index (χ0n) is 22.6. The van der Waals surface area contributed by atoms with Crippen molar-refractivity contribution in [3.05, 3.63) is 107 Å². The van der Waals surface area contributed by atoms with E-state index in [1.54, 1.807) is 37.4 Å². The minimum absolute atomic E-state index is 0.0139. The molecule has 1 aromatic heterocycles. The van der Waals surface area contributed by atoms with Gasteiger partial charge >= 0.3 is 6.18 Å². The molecule has 41 heavy (non-hydrogen) atoms. The van der Waals surface area contributed by atoms with Crippen LogP contribution in [0.5, 0.6) is 5.75 Å². The number of amides is 1. The van der Waals surface area contributed by atoms with Gasteiger partial charge in [0.1, 0.15) is 11.4 Å². The van der Waals surface area contributed by atoms with Crippen molar-refractivity contribution < 1.29 is 22.7 Å². The van der Waals surface area contributed by atoms with E-state index >= 15 is 0 Å². The molecule has 1 amide bonds. The SMILES string of the molecule is COc1cccc(C(NCC2CC2)c2cccc(NC(=O)c3cc(CC(F)(F)F)nn3-c3cccc(CN)c3)c2)c1. The Balaban J connectivity index is 1.44. The number of rotatable bonds is 11. The molecule has 1 heterocycles. The summed E-state index contributed by atoms with van der Waals surface area (Å²) in [5, 5.41) is 10.6. The van der Waals surface area contributed by atoms with Crippen molar-refractivity contribution in [3.8, 4) is 11.4 Å². The van der Waals surface area contributed by atoms with Crippen LogP contribution in [0.25, 0.3) is 5.69 Å². The number of halogens is 3. The largest absolute Gasteiger partial charge is 0.497 e. The first kappa shape index (κ1) is 28.4. The fourth-order valence-electron chi connectivity index (χ4n) is 4.74. The number of anilines is 1. The Hall–Kier alpha value is -4.15. The van der Waals surface area contributed by atoms with E-state index in [1.165, 1.54) is 23.6 Å². The van der Waals surface area contributed by atoms with E-state index in [1.807, 2.05) is 42.5 Å². The molecule has 1 fully saturated rings. The molecular formula is C31H32F3N5O2. The summed E-state index contributed by atoms with van der Waals surface area (Å²) < 4.78 is 46.2. The van der Waals surface area contributed by atoms with Gasteiger partial charge in [-0.05, 0) is 84.5 Å². The summed E-state index contributed by atoms with van der Waals surface area (Å²) in [4.78, 5) is 13.5. The van der Waals surface area contributed by atoms with Gasteiger partial charge < -0.3 is 21.1 Å². The Kier molecular flexibility index (Phi) is 8.41. The van der Waals surface area contributed by atoms with Crippen molar-refractivity contribution in [3.63, 3.8) is 0 Å². The second-order valence-corrected chi connectivity index (χ2v) is 10.2. The van der Waals surface area contributed by atoms with Crippen molar-refractivity contribution in [1.29, 1.82) is 0 Å². The van der Waals surface area contributed by atoms with Crippen LogP contribution in [0.4, 0.5) is 18.9 Å². The second-order valence-electron chi connectivity index (χ2n) is 10.2. The molecule has 5 rings (SSSR count). The summed E-state index contributed by atoms with van der Waals surface area (Å²) in [6, 6.07) is 23.2. The molecule has 4 aromatic rings. The number of benzene rings is 3. The molecule has 10 heteroatoms. The summed E-state index contributed by atoms with van der Waals surface area (Å²) in [7, 11) is 1.62. The predicted molar refractivity (Wildman–Crippen MR) is 151 cm³/mol. The first-order valence-electron chi connectivity index (χ1n) is 13.5. The number of hydrogen-bond donors (Lipinski definition) is 3. The Morgan fingerprint density at radius 3 is 2.49 bits per heavy atom. The predicted octanol–water partition coefficient (Wildman–Crippen LogP) is 5.79. The van der Waals surface area contributed by atoms with Crippen LogP contribution in [0.2, 0.25) is 0 Å². The van der Waals surface area contributed by atoms with Crippen molar-refractivity contribution in [2.24, 2.45) is 11.7 Å². The van der Waals surface area contributed by atoms with Gasteiger partial charge in [-0.2, -0.15) is 18.3 Å². The summed E-state index contributed by atoms with van der Waals surface area (Å²) in [6.45, 7) is 1.10. The van der Waals surface area contributed by atoms with Gasteiger partial charge in [-0.3, -0.25) is 4.79 Å². The van der Waals surface area contributed by atoms with Crippen LogP contribution in [-0.2, 0) is 13.0 Å². The maximum absolute atomic E-state index is 13.5. The number of carbonyl (C=O) groups excluding carboxylic acids is 1. The fraction of sp³-hybridized carbons (Fsp3) is 0.290. The molecular weight excluding hydrogens is 531 g/mol. The maximum atomic E-state index is 13.5. The number of nitrogens with two attached hydrogens (primary N) is 1. The first-order valence-corrected chi connectivity index (χ1v) is 13.5. The first-order chi connectivity index (χ1) is 19.7. The van der Waals surface area contributed by atoms with E-state index in [4.69, 9.17) is 10.5 Å². The highest BCUT2D eigenvalue weighted by Gasteiger charge is 2.31. The lowest BCUT2D eigenvalue weighted by Crippen LogP contribution is -2.25. The monoisotopic (exact) mass is 563 g/mol. The summed E-state index contributed by atoms with van der Waals surface area (Å²) in [5.41, 5.74) is 9.15. The standard InChI is InChI=1S/C31H32F3N5O2/c1-41-27-10-4-7-23(15-27)29(36-19-20-11-12-20)22-6-3-8-24(14-22)37-30(40)28-16-25(17-31(32,33)34)38-39(28)26-9-2-5-21(13-26)18-35/h2-10,13-16,20,29,36H,11-12,17-19,35H2,1H3,(H,37,40). The molecule has 7 nitrogen and oxygen atoms in total. The molecule has 214 valence electrons. The molecule has 0 radical (unpaired) electrons. The fourth-order valence-corrected chi connectivity index (χ4v) is 4.74. The number of alkyl halides is 3. The molecule has 0 spiro atoms. The van der Waals surface area contributed by atoms with Gasteiger partial charge in [0, 0.05) is 12.2 Å². The van der Waals surface area contributed by atoms with Crippen LogP contribution >= 0.6 is 0 Å². The zero-order valence-corrected chi connectivity index (χ0v) is 22.6. The number of methoxy groups -OCH3 is 1. The van der Waals surface area contributed by atoms with Crippen LogP contribution < -0.4 is 21.1 Å². The lowest BCUT2D eigenvalue weighted by atomic mass is 9.97. The third kappa shape index (κ3) is 7.33. The lowest BCUT2D eigenvalue weighted by Gasteiger charge is -2.21. The van der Waals surface area contributed by atoms with Crippen molar-refractivity contribution >= 4 is 11.6 Å². The highest BCUT2D eigenvalue weighted by atomic mass is 19.4. The van der Waals surface area contributed by atoms with Gasteiger partial charge in [-0.15, -0.1) is 0 Å². The number of aromatic nitrogens is 2. The van der Waals surface area contributed by atoms with Gasteiger partial charge in [0.05, 0.1) is 31.0 Å². The second kappa shape index (κ2) is 12.2. The number of hydrogen-bond acceptors (Lipinski definition) is 5. The highest BCUT2D eigenvalue weighted by Crippen LogP contribution is 2.32. The normalized spacial score (nSPS) is 14.1. The zero-order chi connectivity index (χ0) is 29.0. The molecule has 1 atom stereocenters. The van der Waals surface area contributed by atoms with Crippen LogP contribution in [0.1, 0.15) is 51.8 Å². The van der Waals surface area contributed by atoms with Gasteiger partial charge in [0.2, 0.25) is 0 Å². The summed E-state index contributed by atoms with van der Waals surface area (Å²) in [6.07, 6.45) is -3.32. The van der Waals surface area contributed by atoms with E-state index in [-0.39, 0.29) is 24.0 Å². The van der Waals surface area contributed by atoms with E-state index in [2.05, 4.69) is 15.7 Å². The Morgan fingerprint density at radius 2 is 1.78 bits per heavy atom. The van der Waals surface area contributed by atoms with Gasteiger partial charge in [0.15, 0.2) is 0 Å². The van der Waals surface area contributed by atoms with E-state index < -0.39 is 18.5 Å². The van der Waals surface area contributed by atoms with E-state index in [0.717, 1.165) is 29.0 Å². The van der Waals surface area contributed by atoms with Crippen LogP contribution in [0, 0.1) is 5.92 Å². The average Bonchev–Trinajstić information content (AvgIpc) is 3.70. The van der Waals surface area contributed by atoms with Crippen LogP contribution in [-0.4, -0.2) is 35.5 Å². The van der Waals surface area contributed by atoms with Crippen LogP contribution in [0.3, 0.4) is 0 Å². The third-order valence-electron chi connectivity index (χ3n) is 6.98. The Labute approximate surface area is 236 Å². The minimum Gasteiger partial charge on any atom is -0.497 e. The lowest BCUT2D eigenvalue weighted by molar-refractivity contribution is -0.127. The van der Waals surface area contributed by atoms with Crippen molar-refractivity contribution in [2.45, 2.75) is 38.0 Å². The van der Waals surface area contributed by atoms with Gasteiger partial charge in [0.25, 0.3) is 5.91 Å². The molecule has 0 aliphatic heterocycles. The summed E-state index contributed by atoms with van der Waals surface area (Å²) in [5.74, 6) is 0.812. The van der Waals surface area contributed by atoms with Crippen molar-refractivity contribution in [2.75, 3.05) is 19.0 Å². The molecule has 0 bridgehead atoms. The Morgan fingerprint density at radius 1 is 1.05 bits per heavy atom. The van der Waals surface area contributed by atoms with Gasteiger partial charge in [-0.1, -0.05) is 36.4 Å². The van der Waals surface area contributed by atoms with E-state index in [9.17, 15) is 18.0 Å². The van der Waals surface area contributed by atoms with E-state index in [0.29, 0.717) is 17.3 Å². The highest BCUT2D eigenvalue weighted by molar-refractivity contribution is 6.03. The number of nitrogens with zero attached hydrogens (tertiary/aromatic N) is 2. The van der Waals surface area contributed by atoms with Crippen LogP contribution in [0.15, 0.2) is 78.9 Å². The molecule has 3 aromatic carbocycles. The molecule has 1 saturated carbocycles. The smallest absolute Gasteiger partial charge is 0.394 e. The maximum Gasteiger partial charge on any atom is 0.394 e. The van der Waals surface area contributed by atoms with Crippen molar-refractivity contribution in [1.82, 2.24) is 15.1 Å². The quantitative estimate of drug-likeness (QED) is 0.215. The number of ether oxygens (including phenoxy) is 1.